The predicted molar refractivity (Wildman–Crippen MR) is 93.5 cm³/mol. The fraction of sp³-hybridized carbons (Fsp3) is 0.556. The number of amides is 2. The minimum absolute atomic E-state index is 0.0393. The summed E-state index contributed by atoms with van der Waals surface area (Å²) in [6.45, 7) is 8.59. The van der Waals surface area contributed by atoms with E-state index in [-0.39, 0.29) is 18.6 Å². The Morgan fingerprint density at radius 2 is 2.04 bits per heavy atom. The van der Waals surface area contributed by atoms with Crippen LogP contribution in [0.4, 0.5) is 16.2 Å². The lowest BCUT2D eigenvalue weighted by Crippen LogP contribution is -2.39. The molecule has 2 rings (SSSR count). The van der Waals surface area contributed by atoms with E-state index in [9.17, 15) is 9.59 Å². The number of benzene rings is 1. The molecule has 0 radical (unpaired) electrons. The number of nitrogens with zero attached hydrogens (tertiary/aromatic N) is 1. The number of nitrogens with one attached hydrogen (secondary N) is 1. The van der Waals surface area contributed by atoms with E-state index in [1.807, 2.05) is 39.8 Å². The van der Waals surface area contributed by atoms with Crippen LogP contribution in [0.3, 0.4) is 0 Å². The van der Waals surface area contributed by atoms with Crippen molar-refractivity contribution in [2.24, 2.45) is 0 Å². The Balaban J connectivity index is 2.11. The van der Waals surface area contributed by atoms with Crippen LogP contribution in [-0.2, 0) is 20.7 Å². The first-order chi connectivity index (χ1) is 11.3. The van der Waals surface area contributed by atoms with Crippen LogP contribution in [0.15, 0.2) is 18.2 Å². The monoisotopic (exact) mass is 334 g/mol. The second-order valence-corrected chi connectivity index (χ2v) is 6.76. The summed E-state index contributed by atoms with van der Waals surface area (Å²) in [7, 11) is 0. The average molecular weight is 334 g/mol. The molecule has 2 amide bonds. The maximum atomic E-state index is 12.4. The van der Waals surface area contributed by atoms with E-state index in [2.05, 4.69) is 5.32 Å². The maximum absolute atomic E-state index is 12.4. The van der Waals surface area contributed by atoms with Crippen molar-refractivity contribution in [1.29, 1.82) is 0 Å². The molecule has 0 saturated carbocycles. The minimum atomic E-state index is -0.526. The zero-order chi connectivity index (χ0) is 17.7. The van der Waals surface area contributed by atoms with Gasteiger partial charge in [-0.25, -0.2) is 4.79 Å². The molecule has 0 spiro atoms. The Kier molecular flexibility index (Phi) is 5.83. The third-order valence-corrected chi connectivity index (χ3v) is 3.53. The zero-order valence-corrected chi connectivity index (χ0v) is 14.8. The number of anilines is 2. The summed E-state index contributed by atoms with van der Waals surface area (Å²) in [5.41, 5.74) is 2.06. The van der Waals surface area contributed by atoms with Gasteiger partial charge in [0.15, 0.2) is 0 Å². The van der Waals surface area contributed by atoms with Gasteiger partial charge < -0.3 is 14.8 Å². The second-order valence-electron chi connectivity index (χ2n) is 6.76. The lowest BCUT2D eigenvalue weighted by molar-refractivity contribution is -0.120. The van der Waals surface area contributed by atoms with Crippen LogP contribution < -0.4 is 10.2 Å². The van der Waals surface area contributed by atoms with Gasteiger partial charge in [0.2, 0.25) is 5.91 Å². The summed E-state index contributed by atoms with van der Waals surface area (Å²) < 4.78 is 10.6. The molecule has 1 aliphatic heterocycles. The molecule has 0 saturated heterocycles. The third-order valence-electron chi connectivity index (χ3n) is 3.53. The molecular weight excluding hydrogens is 308 g/mol. The molecule has 0 bridgehead atoms. The average Bonchev–Trinajstić information content (AvgIpc) is 2.50. The number of rotatable bonds is 4. The summed E-state index contributed by atoms with van der Waals surface area (Å²) in [5, 5.41) is 2.81. The molecule has 0 aliphatic carbocycles. The molecule has 0 fully saturated rings. The number of ether oxygens (including phenoxy) is 2. The van der Waals surface area contributed by atoms with Gasteiger partial charge in [-0.05, 0) is 64.3 Å². The zero-order valence-electron chi connectivity index (χ0n) is 14.8. The van der Waals surface area contributed by atoms with E-state index in [0.717, 1.165) is 24.1 Å². The SMILES string of the molecule is CCOCC(=O)Nc1ccc2c(c1)CCCN2C(=O)OC(C)(C)C. The van der Waals surface area contributed by atoms with Crippen molar-refractivity contribution in [1.82, 2.24) is 0 Å². The van der Waals surface area contributed by atoms with Gasteiger partial charge in [-0.15, -0.1) is 0 Å². The summed E-state index contributed by atoms with van der Waals surface area (Å²) in [6, 6.07) is 5.57. The number of aryl methyl sites for hydroxylation is 1. The molecule has 0 atom stereocenters. The Hall–Kier alpha value is -2.08. The van der Waals surface area contributed by atoms with Gasteiger partial charge in [-0.1, -0.05) is 0 Å². The van der Waals surface area contributed by atoms with Crippen LogP contribution in [-0.4, -0.2) is 37.4 Å². The van der Waals surface area contributed by atoms with Crippen molar-refractivity contribution in [2.75, 3.05) is 30.0 Å². The standard InChI is InChI=1S/C18H26N2O4/c1-5-23-12-16(21)19-14-8-9-15-13(11-14)7-6-10-20(15)17(22)24-18(2,3)4/h8-9,11H,5-7,10,12H2,1-4H3,(H,19,21). The predicted octanol–water partition coefficient (Wildman–Crippen LogP) is 3.35. The minimum Gasteiger partial charge on any atom is -0.443 e. The number of carbonyl (C=O) groups is 2. The molecule has 132 valence electrons. The van der Waals surface area contributed by atoms with Crippen LogP contribution in [0, 0.1) is 0 Å². The molecule has 1 aromatic carbocycles. The topological polar surface area (TPSA) is 67.9 Å². The number of hydrogen-bond donors (Lipinski definition) is 1. The van der Waals surface area contributed by atoms with E-state index in [0.29, 0.717) is 18.8 Å². The van der Waals surface area contributed by atoms with Gasteiger partial charge >= 0.3 is 6.09 Å². The summed E-state index contributed by atoms with van der Waals surface area (Å²) in [4.78, 5) is 25.8. The Morgan fingerprint density at radius 3 is 2.71 bits per heavy atom. The number of fused-ring (bicyclic) bond motifs is 1. The summed E-state index contributed by atoms with van der Waals surface area (Å²) in [5.74, 6) is -0.184. The second kappa shape index (κ2) is 7.66. The van der Waals surface area contributed by atoms with Crippen molar-refractivity contribution >= 4 is 23.4 Å². The molecule has 1 heterocycles. The molecule has 1 aromatic rings. The Labute approximate surface area is 143 Å². The molecule has 1 N–H and O–H groups in total. The largest absolute Gasteiger partial charge is 0.443 e. The van der Waals surface area contributed by atoms with Crippen molar-refractivity contribution in [3.05, 3.63) is 23.8 Å². The summed E-state index contributed by atoms with van der Waals surface area (Å²) in [6.07, 6.45) is 1.39. The third kappa shape index (κ3) is 4.96. The summed E-state index contributed by atoms with van der Waals surface area (Å²) >= 11 is 0. The Bertz CT molecular complexity index is 608. The first kappa shape index (κ1) is 18.3. The molecule has 1 aliphatic rings. The van der Waals surface area contributed by atoms with E-state index in [4.69, 9.17) is 9.47 Å². The molecule has 24 heavy (non-hydrogen) atoms. The van der Waals surface area contributed by atoms with Gasteiger partial charge in [0.05, 0.1) is 5.69 Å². The lowest BCUT2D eigenvalue weighted by Gasteiger charge is -2.32. The van der Waals surface area contributed by atoms with Crippen molar-refractivity contribution in [3.63, 3.8) is 0 Å². The molecule has 6 nitrogen and oxygen atoms in total. The van der Waals surface area contributed by atoms with E-state index in [1.165, 1.54) is 0 Å². The highest BCUT2D eigenvalue weighted by Crippen LogP contribution is 2.30. The van der Waals surface area contributed by atoms with Gasteiger partial charge in [-0.2, -0.15) is 0 Å². The fourth-order valence-corrected chi connectivity index (χ4v) is 2.57. The van der Waals surface area contributed by atoms with Crippen LogP contribution in [0.25, 0.3) is 0 Å². The first-order valence-electron chi connectivity index (χ1n) is 8.31. The lowest BCUT2D eigenvalue weighted by atomic mass is 10.0. The van der Waals surface area contributed by atoms with Crippen LogP contribution in [0.5, 0.6) is 0 Å². The van der Waals surface area contributed by atoms with Gasteiger partial charge in [0.1, 0.15) is 12.2 Å². The maximum Gasteiger partial charge on any atom is 0.414 e. The van der Waals surface area contributed by atoms with E-state index >= 15 is 0 Å². The van der Waals surface area contributed by atoms with E-state index < -0.39 is 5.60 Å². The Morgan fingerprint density at radius 1 is 1.29 bits per heavy atom. The van der Waals surface area contributed by atoms with Gasteiger partial charge in [-0.3, -0.25) is 9.69 Å². The van der Waals surface area contributed by atoms with Crippen LogP contribution in [0.2, 0.25) is 0 Å². The smallest absolute Gasteiger partial charge is 0.414 e. The molecular formula is C18H26N2O4. The molecule has 0 aromatic heterocycles. The van der Waals surface area contributed by atoms with Gasteiger partial charge in [0, 0.05) is 18.8 Å². The van der Waals surface area contributed by atoms with Crippen molar-refractivity contribution < 1.29 is 19.1 Å². The normalized spacial score (nSPS) is 14.1. The number of carbonyl (C=O) groups excluding carboxylic acids is 2. The van der Waals surface area contributed by atoms with Crippen molar-refractivity contribution in [3.8, 4) is 0 Å². The fourth-order valence-electron chi connectivity index (χ4n) is 2.57. The number of hydrogen-bond acceptors (Lipinski definition) is 4. The molecule has 0 unspecified atom stereocenters. The van der Waals surface area contributed by atoms with Crippen molar-refractivity contribution in [2.45, 2.75) is 46.1 Å². The highest BCUT2D eigenvalue weighted by molar-refractivity contribution is 5.93. The molecule has 6 heteroatoms. The van der Waals surface area contributed by atoms with Gasteiger partial charge in [0.25, 0.3) is 0 Å². The van der Waals surface area contributed by atoms with E-state index in [1.54, 1.807) is 11.0 Å². The first-order valence-corrected chi connectivity index (χ1v) is 8.31. The quantitative estimate of drug-likeness (QED) is 0.917. The highest BCUT2D eigenvalue weighted by atomic mass is 16.6. The van der Waals surface area contributed by atoms with Crippen LogP contribution >= 0.6 is 0 Å². The highest BCUT2D eigenvalue weighted by Gasteiger charge is 2.27. The van der Waals surface area contributed by atoms with Crippen LogP contribution in [0.1, 0.15) is 39.7 Å².